The molecule has 0 radical (unpaired) electrons. The minimum atomic E-state index is -1.01. The maximum atomic E-state index is 10.2. The molecule has 40 heavy (non-hydrogen) atoms. The van der Waals surface area contributed by atoms with E-state index in [4.69, 9.17) is 0 Å². The average Bonchev–Trinajstić information content (AvgIpc) is 2.85. The molecule has 0 aromatic rings. The fourth-order valence-corrected chi connectivity index (χ4v) is 6.07. The van der Waals surface area contributed by atoms with Crippen molar-refractivity contribution >= 4 is 35.3 Å². The van der Waals surface area contributed by atoms with Crippen molar-refractivity contribution in [2.75, 3.05) is 0 Å². The van der Waals surface area contributed by atoms with E-state index >= 15 is 0 Å². The van der Waals surface area contributed by atoms with E-state index in [1.54, 1.807) is 0 Å². The summed E-state index contributed by atoms with van der Waals surface area (Å²) >= 11 is 0. The first-order chi connectivity index (χ1) is 18.4. The third-order valence-electron chi connectivity index (χ3n) is 8.42. The van der Waals surface area contributed by atoms with Crippen molar-refractivity contribution in [3.05, 3.63) is 0 Å². The van der Waals surface area contributed by atoms with Crippen molar-refractivity contribution in [3.8, 4) is 0 Å². The molecule has 3 rings (SSSR count). The zero-order valence-corrected chi connectivity index (χ0v) is 25.5. The topological polar surface area (TPSA) is 181 Å². The van der Waals surface area contributed by atoms with Gasteiger partial charge in [0.1, 0.15) is 0 Å². The maximum Gasteiger partial charge on any atom is 3.00 e. The van der Waals surface area contributed by atoms with Crippen LogP contribution in [0.15, 0.2) is 0 Å². The zero-order chi connectivity index (χ0) is 29.2. The second kappa shape index (κ2) is 20.7. The van der Waals surface area contributed by atoms with Crippen LogP contribution in [0.5, 0.6) is 0 Å². The Morgan fingerprint density at radius 1 is 0.450 bits per heavy atom. The van der Waals surface area contributed by atoms with Gasteiger partial charge in [-0.2, -0.15) is 0 Å². The van der Waals surface area contributed by atoms with Crippen LogP contribution in [0, 0.1) is 0 Å². The first kappa shape index (κ1) is 38.8. The molecule has 0 amide bonds. The molecule has 0 aliphatic heterocycles. The van der Waals surface area contributed by atoms with Gasteiger partial charge in [0, 0.05) is 17.9 Å². The van der Waals surface area contributed by atoms with Crippen molar-refractivity contribution in [2.45, 2.75) is 171 Å². The molecule has 9 nitrogen and oxygen atoms in total. The summed E-state index contributed by atoms with van der Waals surface area (Å²) in [4.78, 5) is 30.5. The molecule has 3 aliphatic rings. The Balaban J connectivity index is 0.000000563. The van der Waals surface area contributed by atoms with Crippen LogP contribution in [0.4, 0.5) is 0 Å². The number of aliphatic carboxylic acids is 3. The van der Waals surface area contributed by atoms with Gasteiger partial charge in [-0.15, -0.1) is 0 Å². The van der Waals surface area contributed by atoms with Gasteiger partial charge in [0.2, 0.25) is 0 Å². The fraction of sp³-hybridized carbons (Fsp3) is 0.900. The van der Waals surface area contributed by atoms with Crippen molar-refractivity contribution in [2.24, 2.45) is 0 Å². The van der Waals surface area contributed by atoms with E-state index in [1.807, 2.05) is 0 Å². The molecule has 0 atom stereocenters. The Bertz CT molecular complexity index is 615. The van der Waals surface area contributed by atoms with Gasteiger partial charge in [-0.05, 0) is 96.3 Å². The van der Waals surface area contributed by atoms with Crippen molar-refractivity contribution in [1.29, 1.82) is 0 Å². The average molecular weight is 583 g/mol. The van der Waals surface area contributed by atoms with Crippen molar-refractivity contribution < 1.29 is 45.0 Å². The molecule has 10 heteroatoms. The predicted molar refractivity (Wildman–Crippen MR) is 146 cm³/mol. The minimum Gasteiger partial charge on any atom is -0.550 e. The number of carboxylic acids is 3. The second-order valence-corrected chi connectivity index (χ2v) is 12.0. The Morgan fingerprint density at radius 2 is 0.650 bits per heavy atom. The van der Waals surface area contributed by atoms with Gasteiger partial charge in [0.15, 0.2) is 0 Å². The van der Waals surface area contributed by atoms with Crippen molar-refractivity contribution in [1.82, 2.24) is 0 Å². The number of hydrogen-bond donors (Lipinski definition) is 3. The molecule has 0 aromatic heterocycles. The molecule has 3 N–H and O–H groups in total. The van der Waals surface area contributed by atoms with E-state index in [2.05, 4.69) is 0 Å². The number of carbonyl (C=O) groups excluding carboxylic acids is 3. The van der Waals surface area contributed by atoms with Gasteiger partial charge in [-0.1, -0.05) is 57.8 Å². The zero-order valence-electron chi connectivity index (χ0n) is 24.3. The molecule has 0 saturated heterocycles. The third kappa shape index (κ3) is 19.0. The van der Waals surface area contributed by atoms with Gasteiger partial charge in [0.05, 0.1) is 16.8 Å². The smallest absolute Gasteiger partial charge is 0.550 e. The van der Waals surface area contributed by atoms with Crippen LogP contribution in [-0.4, -0.2) is 67.4 Å². The third-order valence-corrected chi connectivity index (χ3v) is 8.42. The number of hydrogen-bond acceptors (Lipinski definition) is 9. The predicted octanol–water partition coefficient (Wildman–Crippen LogP) is 1.42. The molecule has 0 spiro atoms. The summed E-state index contributed by atoms with van der Waals surface area (Å²) in [5.74, 6) is -3.04. The summed E-state index contributed by atoms with van der Waals surface area (Å²) in [6.07, 6.45) is 18.7. The number of carbonyl (C=O) groups is 3. The molecule has 3 aliphatic carbocycles. The quantitative estimate of drug-likeness (QED) is 0.287. The fourth-order valence-electron chi connectivity index (χ4n) is 6.07. The maximum absolute atomic E-state index is 10.2. The number of rotatable bonds is 12. The van der Waals surface area contributed by atoms with Crippen LogP contribution in [0.3, 0.4) is 0 Å². The summed E-state index contributed by atoms with van der Waals surface area (Å²) in [6.45, 7) is 0. The summed E-state index contributed by atoms with van der Waals surface area (Å²) in [5, 5.41) is 60.4. The summed E-state index contributed by atoms with van der Waals surface area (Å²) in [7, 11) is 0. The number of aliphatic hydroxyl groups is 3. The molecule has 228 valence electrons. The standard InChI is InChI=1S/3C10H18O3.Al/c3*11-9(12)5-4-8-10(13)6-2-1-3-7-10;/h3*13H,1-8H2,(H,11,12);/q;;;+3/p-3. The first-order valence-corrected chi connectivity index (χ1v) is 15.1. The van der Waals surface area contributed by atoms with Gasteiger partial charge in [0.25, 0.3) is 0 Å². The Hall–Kier alpha value is -1.18. The van der Waals surface area contributed by atoms with Gasteiger partial charge in [-0.3, -0.25) is 0 Å². The van der Waals surface area contributed by atoms with E-state index in [0.717, 1.165) is 77.0 Å². The summed E-state index contributed by atoms with van der Waals surface area (Å²) < 4.78 is 0. The second-order valence-electron chi connectivity index (χ2n) is 12.0. The summed E-state index contributed by atoms with van der Waals surface area (Å²) in [5.41, 5.74) is -1.73. The Kier molecular flexibility index (Phi) is 20.1. The van der Waals surface area contributed by atoms with E-state index < -0.39 is 34.7 Å². The number of carboxylic acid groups (broad SMARTS) is 3. The van der Waals surface area contributed by atoms with Crippen LogP contribution in [0.25, 0.3) is 0 Å². The van der Waals surface area contributed by atoms with Gasteiger partial charge in [-0.25, -0.2) is 0 Å². The molecule has 0 bridgehead atoms. The largest absolute Gasteiger partial charge is 3.00 e. The molecular weight excluding hydrogens is 531 g/mol. The van der Waals surface area contributed by atoms with Crippen LogP contribution in [-0.2, 0) is 14.4 Å². The van der Waals surface area contributed by atoms with Crippen LogP contribution >= 0.6 is 0 Å². The van der Waals surface area contributed by atoms with Crippen LogP contribution in [0.2, 0.25) is 0 Å². The molecule has 3 saturated carbocycles. The molecule has 0 aromatic carbocycles. The van der Waals surface area contributed by atoms with Gasteiger partial charge < -0.3 is 45.0 Å². The van der Waals surface area contributed by atoms with Crippen molar-refractivity contribution in [3.63, 3.8) is 0 Å². The van der Waals surface area contributed by atoms with E-state index in [1.165, 1.54) is 19.3 Å². The Labute approximate surface area is 250 Å². The van der Waals surface area contributed by atoms with Crippen LogP contribution < -0.4 is 15.3 Å². The molecule has 0 unspecified atom stereocenters. The molecular formula is C30H51AlO9. The van der Waals surface area contributed by atoms with E-state index in [0.29, 0.717) is 38.5 Å². The van der Waals surface area contributed by atoms with Crippen LogP contribution in [0.1, 0.15) is 154 Å². The van der Waals surface area contributed by atoms with E-state index in [-0.39, 0.29) is 36.6 Å². The molecule has 0 heterocycles. The Morgan fingerprint density at radius 3 is 0.825 bits per heavy atom. The summed E-state index contributed by atoms with van der Waals surface area (Å²) in [6, 6.07) is 0. The molecule has 3 fully saturated rings. The van der Waals surface area contributed by atoms with E-state index in [9.17, 15) is 45.0 Å². The first-order valence-electron chi connectivity index (χ1n) is 15.1. The minimum absolute atomic E-state index is 0. The van der Waals surface area contributed by atoms with Gasteiger partial charge >= 0.3 is 17.4 Å². The normalized spacial score (nSPS) is 20.8. The monoisotopic (exact) mass is 582 g/mol. The SMILES string of the molecule is O=C([O-])CCCC1(O)CCCCC1.O=C([O-])CCCC1(O)CCCCC1.O=C([O-])CCCC1(O)CCCCC1.[Al+3].